The Balaban J connectivity index is 2.38. The van der Waals surface area contributed by atoms with Crippen LogP contribution >= 0.6 is 0 Å². The van der Waals surface area contributed by atoms with Gasteiger partial charge < -0.3 is 0 Å². The zero-order valence-corrected chi connectivity index (χ0v) is 9.78. The second-order valence-electron chi connectivity index (χ2n) is 3.38. The summed E-state index contributed by atoms with van der Waals surface area (Å²) in [5, 5.41) is 6.02. The molecule has 1 aromatic carbocycles. The van der Waals surface area contributed by atoms with E-state index in [-0.39, 0.29) is 4.90 Å². The molecular weight excluding hydrogens is 245 g/mol. The molecule has 1 aromatic heterocycles. The molecule has 0 saturated carbocycles. The van der Waals surface area contributed by atoms with Crippen molar-refractivity contribution in [3.05, 3.63) is 42.5 Å². The summed E-state index contributed by atoms with van der Waals surface area (Å²) in [5.41, 5.74) is 0.382. The Hall–Kier alpha value is -1.89. The Morgan fingerprint density at radius 3 is 2.47 bits per heavy atom. The highest BCUT2D eigenvalue weighted by atomic mass is 32.2. The second kappa shape index (κ2) is 4.17. The lowest BCUT2D eigenvalue weighted by Gasteiger charge is -2.18. The first-order valence-corrected chi connectivity index (χ1v) is 6.19. The number of sulfonamides is 1. The lowest BCUT2D eigenvalue weighted by Crippen LogP contribution is -2.26. The van der Waals surface area contributed by atoms with Crippen molar-refractivity contribution < 1.29 is 12.8 Å². The lowest BCUT2D eigenvalue weighted by molar-refractivity contribution is 0.594. The van der Waals surface area contributed by atoms with E-state index in [1.54, 1.807) is 0 Å². The Labute approximate surface area is 97.9 Å². The van der Waals surface area contributed by atoms with E-state index in [9.17, 15) is 12.8 Å². The largest absolute Gasteiger partial charge is 0.284 e. The fourth-order valence-corrected chi connectivity index (χ4v) is 2.43. The standard InChI is InChI=1S/C10H10FN3O2S/c1-14(9-4-2-8(11)3-5-9)17(15,16)10-6-12-13-7-10/h2-7H,1H3,(H,12,13). The number of aromatic nitrogens is 2. The summed E-state index contributed by atoms with van der Waals surface area (Å²) in [6, 6.07) is 5.20. The summed E-state index contributed by atoms with van der Waals surface area (Å²) in [6.45, 7) is 0. The molecule has 1 N–H and O–H groups in total. The smallest absolute Gasteiger partial charge is 0.267 e. The summed E-state index contributed by atoms with van der Waals surface area (Å²) < 4.78 is 37.9. The topological polar surface area (TPSA) is 66.1 Å². The van der Waals surface area contributed by atoms with Crippen LogP contribution in [0, 0.1) is 5.82 Å². The molecule has 0 unspecified atom stereocenters. The summed E-state index contributed by atoms with van der Waals surface area (Å²) >= 11 is 0. The molecule has 0 aliphatic heterocycles. The third-order valence-electron chi connectivity index (χ3n) is 2.32. The number of halogens is 1. The number of benzene rings is 1. The Morgan fingerprint density at radius 1 is 1.29 bits per heavy atom. The van der Waals surface area contributed by atoms with Crippen LogP contribution in [0.15, 0.2) is 41.6 Å². The van der Waals surface area contributed by atoms with Crippen molar-refractivity contribution in [1.82, 2.24) is 10.2 Å². The fraction of sp³-hybridized carbons (Fsp3) is 0.100. The predicted molar refractivity (Wildman–Crippen MR) is 60.6 cm³/mol. The van der Waals surface area contributed by atoms with Crippen molar-refractivity contribution in [3.63, 3.8) is 0 Å². The molecule has 0 atom stereocenters. The third-order valence-corrected chi connectivity index (χ3v) is 4.07. The number of anilines is 1. The highest BCUT2D eigenvalue weighted by Gasteiger charge is 2.22. The third kappa shape index (κ3) is 2.14. The molecule has 0 saturated heterocycles. The number of rotatable bonds is 3. The minimum absolute atomic E-state index is 0.0596. The molecule has 0 aliphatic rings. The monoisotopic (exact) mass is 255 g/mol. The van der Waals surface area contributed by atoms with Crippen molar-refractivity contribution >= 4 is 15.7 Å². The zero-order chi connectivity index (χ0) is 12.5. The van der Waals surface area contributed by atoms with E-state index < -0.39 is 15.8 Å². The van der Waals surface area contributed by atoms with Crippen LogP contribution in [0.4, 0.5) is 10.1 Å². The number of nitrogens with zero attached hydrogens (tertiary/aromatic N) is 2. The van der Waals surface area contributed by atoms with Crippen LogP contribution < -0.4 is 4.31 Å². The number of nitrogens with one attached hydrogen (secondary N) is 1. The first kappa shape index (κ1) is 11.6. The van der Waals surface area contributed by atoms with E-state index >= 15 is 0 Å². The van der Waals surface area contributed by atoms with Crippen molar-refractivity contribution in [1.29, 1.82) is 0 Å². The maximum absolute atomic E-state index is 12.7. The molecular formula is C10H10FN3O2S. The fourth-order valence-electron chi connectivity index (χ4n) is 1.33. The normalized spacial score (nSPS) is 11.4. The summed E-state index contributed by atoms with van der Waals surface area (Å²) in [4.78, 5) is 0.0596. The molecule has 0 fully saturated rings. The lowest BCUT2D eigenvalue weighted by atomic mass is 10.3. The van der Waals surface area contributed by atoms with Crippen LogP contribution in [0.1, 0.15) is 0 Å². The van der Waals surface area contributed by atoms with Gasteiger partial charge >= 0.3 is 0 Å². The highest BCUT2D eigenvalue weighted by molar-refractivity contribution is 7.92. The molecule has 0 radical (unpaired) electrons. The molecule has 0 amide bonds. The molecule has 2 rings (SSSR count). The molecule has 0 aliphatic carbocycles. The Bertz CT molecular complexity index is 593. The Kier molecular flexibility index (Phi) is 2.84. The van der Waals surface area contributed by atoms with Gasteiger partial charge in [-0.05, 0) is 24.3 Å². The van der Waals surface area contributed by atoms with E-state index in [1.807, 2.05) is 0 Å². The van der Waals surface area contributed by atoms with Crippen molar-refractivity contribution in [2.24, 2.45) is 0 Å². The van der Waals surface area contributed by atoms with Gasteiger partial charge in [-0.1, -0.05) is 0 Å². The first-order chi connectivity index (χ1) is 8.01. The SMILES string of the molecule is CN(c1ccc(F)cc1)S(=O)(=O)c1cn[nH]c1. The van der Waals surface area contributed by atoms with Gasteiger partial charge in [0.1, 0.15) is 10.7 Å². The van der Waals surface area contributed by atoms with Gasteiger partial charge in [-0.2, -0.15) is 5.10 Å². The summed E-state index contributed by atoms with van der Waals surface area (Å²) in [7, 11) is -2.25. The predicted octanol–water partition coefficient (Wildman–Crippen LogP) is 1.37. The maximum atomic E-state index is 12.7. The average Bonchev–Trinajstić information content (AvgIpc) is 2.83. The minimum atomic E-state index is -3.64. The highest BCUT2D eigenvalue weighted by Crippen LogP contribution is 2.21. The number of hydrogen-bond acceptors (Lipinski definition) is 3. The first-order valence-electron chi connectivity index (χ1n) is 4.75. The van der Waals surface area contributed by atoms with Crippen LogP contribution in [-0.4, -0.2) is 25.7 Å². The van der Waals surface area contributed by atoms with Gasteiger partial charge in [-0.25, -0.2) is 12.8 Å². The molecule has 0 bridgehead atoms. The number of H-pyrrole nitrogens is 1. The molecule has 0 spiro atoms. The summed E-state index contributed by atoms with van der Waals surface area (Å²) in [6.07, 6.45) is 2.50. The van der Waals surface area contributed by atoms with Gasteiger partial charge in [-0.3, -0.25) is 9.40 Å². The van der Waals surface area contributed by atoms with Crippen LogP contribution in [0.5, 0.6) is 0 Å². The number of aromatic amines is 1. The van der Waals surface area contributed by atoms with Crippen molar-refractivity contribution in [3.8, 4) is 0 Å². The van der Waals surface area contributed by atoms with E-state index in [4.69, 9.17) is 0 Å². The van der Waals surface area contributed by atoms with E-state index in [0.29, 0.717) is 5.69 Å². The molecule has 17 heavy (non-hydrogen) atoms. The molecule has 1 heterocycles. The van der Waals surface area contributed by atoms with Crippen molar-refractivity contribution in [2.75, 3.05) is 11.4 Å². The molecule has 5 nitrogen and oxygen atoms in total. The van der Waals surface area contributed by atoms with Gasteiger partial charge in [0.05, 0.1) is 11.9 Å². The Morgan fingerprint density at radius 2 is 1.94 bits per heavy atom. The molecule has 7 heteroatoms. The minimum Gasteiger partial charge on any atom is -0.284 e. The van der Waals surface area contributed by atoms with Crippen LogP contribution in [0.2, 0.25) is 0 Å². The maximum Gasteiger partial charge on any atom is 0.267 e. The van der Waals surface area contributed by atoms with Gasteiger partial charge in [0.2, 0.25) is 0 Å². The quantitative estimate of drug-likeness (QED) is 0.900. The van der Waals surface area contributed by atoms with Gasteiger partial charge in [0.15, 0.2) is 0 Å². The van der Waals surface area contributed by atoms with E-state index in [1.165, 1.54) is 43.7 Å². The van der Waals surface area contributed by atoms with Gasteiger partial charge in [-0.15, -0.1) is 0 Å². The van der Waals surface area contributed by atoms with Crippen LogP contribution in [0.25, 0.3) is 0 Å². The van der Waals surface area contributed by atoms with E-state index in [2.05, 4.69) is 10.2 Å². The van der Waals surface area contributed by atoms with Crippen molar-refractivity contribution in [2.45, 2.75) is 4.90 Å². The van der Waals surface area contributed by atoms with E-state index in [0.717, 1.165) is 4.31 Å². The van der Waals surface area contributed by atoms with Crippen LogP contribution in [-0.2, 0) is 10.0 Å². The molecule has 90 valence electrons. The summed E-state index contributed by atoms with van der Waals surface area (Å²) in [5.74, 6) is -0.414. The average molecular weight is 255 g/mol. The second-order valence-corrected chi connectivity index (χ2v) is 5.35. The molecule has 2 aromatic rings. The van der Waals surface area contributed by atoms with Crippen LogP contribution in [0.3, 0.4) is 0 Å². The zero-order valence-electron chi connectivity index (χ0n) is 8.96. The van der Waals surface area contributed by atoms with Gasteiger partial charge in [0, 0.05) is 13.2 Å². The number of hydrogen-bond donors (Lipinski definition) is 1. The van der Waals surface area contributed by atoms with Gasteiger partial charge in [0.25, 0.3) is 10.0 Å².